The van der Waals surface area contributed by atoms with Gasteiger partial charge in [-0.25, -0.2) is 11.1 Å². The quantitative estimate of drug-likeness (QED) is 0.495. The van der Waals surface area contributed by atoms with E-state index in [1.807, 2.05) is 0 Å². The molecule has 0 amide bonds. The predicted octanol–water partition coefficient (Wildman–Crippen LogP) is 2.52. The van der Waals surface area contributed by atoms with Crippen LogP contribution in [0.1, 0.15) is 20.8 Å². The second-order valence-corrected chi connectivity index (χ2v) is 4.50. The lowest BCUT2D eigenvalue weighted by Gasteiger charge is -2.14. The largest absolute Gasteiger partial charge is 0.336 e. The van der Waals surface area contributed by atoms with Crippen molar-refractivity contribution in [3.63, 3.8) is 0 Å². The molecule has 0 radical (unpaired) electrons. The molecule has 2 unspecified atom stereocenters. The normalized spacial score (nSPS) is 17.8. The smallest absolute Gasteiger partial charge is 0.309 e. The lowest BCUT2D eigenvalue weighted by Crippen LogP contribution is -2.04. The van der Waals surface area contributed by atoms with Crippen molar-refractivity contribution >= 4 is 7.60 Å². The monoisotopic (exact) mass is 191 g/mol. The molecule has 2 atom stereocenters. The Kier molecular flexibility index (Phi) is 5.16. The highest BCUT2D eigenvalue weighted by atomic mass is 31.2. The van der Waals surface area contributed by atoms with E-state index >= 15 is 0 Å². The van der Waals surface area contributed by atoms with Gasteiger partial charge in [-0.2, -0.15) is 0 Å². The number of hydrogen-bond donors (Lipinski definition) is 0. The van der Waals surface area contributed by atoms with Crippen molar-refractivity contribution in [2.75, 3.05) is 12.8 Å². The van der Waals surface area contributed by atoms with Gasteiger partial charge in [0.25, 0.3) is 0 Å². The van der Waals surface area contributed by atoms with Gasteiger partial charge in [0.05, 0.1) is 6.61 Å². The third-order valence-corrected chi connectivity index (χ3v) is 3.26. The summed E-state index contributed by atoms with van der Waals surface area (Å²) in [6.45, 7) is 12.0. The Morgan fingerprint density at radius 1 is 1.58 bits per heavy atom. The van der Waals surface area contributed by atoms with Crippen LogP contribution in [0.4, 0.5) is 0 Å². The molecular formula is C7H14NO3P. The first-order valence-corrected chi connectivity index (χ1v) is 5.59. The van der Waals surface area contributed by atoms with Crippen LogP contribution in [-0.4, -0.2) is 19.0 Å². The molecular weight excluding hydrogens is 177 g/mol. The van der Waals surface area contributed by atoms with Gasteiger partial charge in [0.2, 0.25) is 0 Å². The summed E-state index contributed by atoms with van der Waals surface area (Å²) in [4.78, 5) is 3.08. The molecule has 0 fully saturated rings. The Balaban J connectivity index is 4.16. The Bertz CT molecular complexity index is 211. The Hall–Kier alpha value is -0.360. The lowest BCUT2D eigenvalue weighted by atomic mass is 10.7. The molecule has 0 spiro atoms. The summed E-state index contributed by atoms with van der Waals surface area (Å²) < 4.78 is 21.5. The van der Waals surface area contributed by atoms with Crippen LogP contribution in [0.5, 0.6) is 0 Å². The summed E-state index contributed by atoms with van der Waals surface area (Å²) in [6, 6.07) is 0. The maximum Gasteiger partial charge on any atom is 0.336 e. The summed E-state index contributed by atoms with van der Waals surface area (Å²) in [5, 5.41) is 0. The molecule has 0 aliphatic heterocycles. The van der Waals surface area contributed by atoms with Crippen molar-refractivity contribution in [3.8, 4) is 0 Å². The van der Waals surface area contributed by atoms with Crippen LogP contribution >= 0.6 is 7.60 Å². The van der Waals surface area contributed by atoms with Crippen LogP contribution in [0.25, 0.3) is 4.85 Å². The first-order valence-electron chi connectivity index (χ1n) is 3.86. The van der Waals surface area contributed by atoms with Gasteiger partial charge in [0.15, 0.2) is 0 Å². The maximum absolute atomic E-state index is 11.6. The van der Waals surface area contributed by atoms with Crippen molar-refractivity contribution in [1.82, 2.24) is 0 Å². The van der Waals surface area contributed by atoms with E-state index in [4.69, 9.17) is 15.6 Å². The van der Waals surface area contributed by atoms with Crippen molar-refractivity contribution < 1.29 is 13.6 Å². The van der Waals surface area contributed by atoms with Crippen molar-refractivity contribution in [2.24, 2.45) is 0 Å². The molecule has 0 rings (SSSR count). The van der Waals surface area contributed by atoms with Crippen molar-refractivity contribution in [2.45, 2.75) is 27.0 Å². The second-order valence-electron chi connectivity index (χ2n) is 2.18. The topological polar surface area (TPSA) is 39.9 Å². The Morgan fingerprint density at radius 3 is 2.50 bits per heavy atom. The summed E-state index contributed by atoms with van der Waals surface area (Å²) in [7, 11) is -2.99. The lowest BCUT2D eigenvalue weighted by molar-refractivity contribution is 0.188. The minimum Gasteiger partial charge on any atom is -0.309 e. The van der Waals surface area contributed by atoms with Gasteiger partial charge in [-0.15, -0.1) is 0 Å². The Labute approximate surface area is 73.2 Å². The van der Waals surface area contributed by atoms with Crippen LogP contribution in [0.2, 0.25) is 0 Å². The van der Waals surface area contributed by atoms with E-state index in [2.05, 4.69) is 4.85 Å². The zero-order valence-corrected chi connectivity index (χ0v) is 8.51. The summed E-state index contributed by atoms with van der Waals surface area (Å²) in [5.74, 6) is 0. The molecule has 5 heteroatoms. The van der Waals surface area contributed by atoms with E-state index in [1.165, 1.54) is 0 Å². The van der Waals surface area contributed by atoms with Gasteiger partial charge < -0.3 is 4.52 Å². The molecule has 0 aromatic heterocycles. The van der Waals surface area contributed by atoms with E-state index in [0.717, 1.165) is 0 Å². The predicted molar refractivity (Wildman–Crippen MR) is 46.9 cm³/mol. The van der Waals surface area contributed by atoms with E-state index in [0.29, 0.717) is 12.8 Å². The average Bonchev–Trinajstić information content (AvgIpc) is 2.05. The van der Waals surface area contributed by atoms with Gasteiger partial charge in [0, 0.05) is 13.1 Å². The molecule has 0 aliphatic rings. The fraction of sp³-hybridized carbons (Fsp3) is 0.857. The van der Waals surface area contributed by atoms with E-state index in [-0.39, 0.29) is 0 Å². The van der Waals surface area contributed by atoms with Gasteiger partial charge in [-0.3, -0.25) is 9.41 Å². The fourth-order valence-corrected chi connectivity index (χ4v) is 1.95. The SMILES string of the molecule is [C-]#[N+]C(C)OP(=O)(CC)OCC. The van der Waals surface area contributed by atoms with Crippen LogP contribution in [0.3, 0.4) is 0 Å². The van der Waals surface area contributed by atoms with E-state index in [9.17, 15) is 4.57 Å². The van der Waals surface area contributed by atoms with Crippen LogP contribution < -0.4 is 0 Å². The molecule has 0 aromatic carbocycles. The summed E-state index contributed by atoms with van der Waals surface area (Å²) in [5.41, 5.74) is 0. The number of rotatable bonds is 5. The molecule has 0 bridgehead atoms. The van der Waals surface area contributed by atoms with E-state index < -0.39 is 13.8 Å². The zero-order valence-electron chi connectivity index (χ0n) is 7.61. The highest BCUT2D eigenvalue weighted by Crippen LogP contribution is 2.48. The van der Waals surface area contributed by atoms with Crippen molar-refractivity contribution in [3.05, 3.63) is 11.4 Å². The van der Waals surface area contributed by atoms with Gasteiger partial charge >= 0.3 is 13.8 Å². The third-order valence-electron chi connectivity index (χ3n) is 1.21. The molecule has 70 valence electrons. The summed E-state index contributed by atoms with van der Waals surface area (Å²) >= 11 is 0. The second kappa shape index (κ2) is 5.31. The van der Waals surface area contributed by atoms with Gasteiger partial charge in [-0.1, -0.05) is 6.92 Å². The third kappa shape index (κ3) is 3.87. The van der Waals surface area contributed by atoms with Crippen LogP contribution in [0, 0.1) is 6.57 Å². The van der Waals surface area contributed by atoms with Crippen molar-refractivity contribution in [1.29, 1.82) is 0 Å². The van der Waals surface area contributed by atoms with E-state index in [1.54, 1.807) is 20.8 Å². The highest BCUT2D eigenvalue weighted by Gasteiger charge is 2.26. The molecule has 0 aliphatic carbocycles. The van der Waals surface area contributed by atoms with Gasteiger partial charge in [0.1, 0.15) is 0 Å². The standard InChI is InChI=1S/C7H14NO3P/c1-5-10-12(9,6-2)11-7(3)8-4/h7H,5-6H2,1-3H3. The van der Waals surface area contributed by atoms with Gasteiger partial charge in [-0.05, 0) is 6.92 Å². The minimum atomic E-state index is -2.99. The molecule has 0 saturated carbocycles. The minimum absolute atomic E-state index is 0.306. The molecule has 0 N–H and O–H groups in total. The molecule has 4 nitrogen and oxygen atoms in total. The first-order chi connectivity index (χ1) is 5.58. The van der Waals surface area contributed by atoms with Crippen LogP contribution in [0.15, 0.2) is 0 Å². The van der Waals surface area contributed by atoms with Crippen LogP contribution in [-0.2, 0) is 13.6 Å². The molecule has 0 aromatic rings. The Morgan fingerprint density at radius 2 is 2.17 bits per heavy atom. The molecule has 0 heterocycles. The summed E-state index contributed by atoms with van der Waals surface area (Å²) in [6.07, 6.45) is -0.386. The molecule has 12 heavy (non-hydrogen) atoms. The average molecular weight is 191 g/mol. The highest BCUT2D eigenvalue weighted by molar-refractivity contribution is 7.53. The maximum atomic E-state index is 11.6. The first kappa shape index (κ1) is 11.6. The fourth-order valence-electron chi connectivity index (χ4n) is 0.649. The molecule has 0 saturated heterocycles. The number of nitrogens with zero attached hydrogens (tertiary/aromatic N) is 1. The number of hydrogen-bond acceptors (Lipinski definition) is 3. The zero-order chi connectivity index (χ0) is 9.61.